The Morgan fingerprint density at radius 2 is 2.00 bits per heavy atom. The van der Waals surface area contributed by atoms with Crippen LogP contribution in [0.3, 0.4) is 0 Å². The largest absolute Gasteiger partial charge is 0.339 e. The molecular weight excluding hydrogens is 392 g/mol. The normalized spacial score (nSPS) is 15.7. The highest BCUT2D eigenvalue weighted by Gasteiger charge is 2.33. The van der Waals surface area contributed by atoms with Crippen molar-refractivity contribution in [1.82, 2.24) is 4.90 Å². The van der Waals surface area contributed by atoms with E-state index in [1.165, 1.54) is 11.9 Å². The second-order valence-corrected chi connectivity index (χ2v) is 8.15. The molecule has 1 aliphatic carbocycles. The van der Waals surface area contributed by atoms with Crippen molar-refractivity contribution in [2.75, 3.05) is 7.05 Å². The van der Waals surface area contributed by atoms with Crippen molar-refractivity contribution in [3.8, 4) is 0 Å². The van der Waals surface area contributed by atoms with Crippen LogP contribution in [-0.2, 0) is 9.05 Å². The molecule has 0 aromatic heterocycles. The van der Waals surface area contributed by atoms with Crippen LogP contribution in [0.15, 0.2) is 15.4 Å². The molecule has 1 aromatic carbocycles. The van der Waals surface area contributed by atoms with Crippen molar-refractivity contribution in [2.45, 2.75) is 30.2 Å². The van der Waals surface area contributed by atoms with E-state index < -0.39 is 37.1 Å². The van der Waals surface area contributed by atoms with E-state index in [1.54, 1.807) is 0 Å². The van der Waals surface area contributed by atoms with E-state index in [0.717, 1.165) is 25.3 Å². The summed E-state index contributed by atoms with van der Waals surface area (Å²) in [5, 5.41) is 0. The van der Waals surface area contributed by atoms with Gasteiger partial charge in [0.15, 0.2) is 5.82 Å². The SMILES string of the molecule is CN(C(=O)c1c(F)cc(Br)c(S(=O)(=O)Cl)c1F)C1CCC1. The van der Waals surface area contributed by atoms with Gasteiger partial charge in [-0.1, -0.05) is 0 Å². The second-order valence-electron chi connectivity index (χ2n) is 4.80. The maximum absolute atomic E-state index is 14.3. The number of carbonyl (C=O) groups is 1. The van der Waals surface area contributed by atoms with Crippen LogP contribution < -0.4 is 0 Å². The summed E-state index contributed by atoms with van der Waals surface area (Å²) >= 11 is 2.74. The van der Waals surface area contributed by atoms with Crippen LogP contribution in [0.1, 0.15) is 29.6 Å². The lowest BCUT2D eigenvalue weighted by molar-refractivity contribution is 0.0641. The number of rotatable bonds is 3. The fourth-order valence-electron chi connectivity index (χ4n) is 2.11. The van der Waals surface area contributed by atoms with Crippen molar-refractivity contribution in [3.63, 3.8) is 0 Å². The molecule has 0 aliphatic heterocycles. The van der Waals surface area contributed by atoms with Gasteiger partial charge in [-0.2, -0.15) is 0 Å². The van der Waals surface area contributed by atoms with Crippen LogP contribution in [0.2, 0.25) is 0 Å². The highest BCUT2D eigenvalue weighted by Crippen LogP contribution is 2.33. The van der Waals surface area contributed by atoms with E-state index in [4.69, 9.17) is 10.7 Å². The number of hydrogen-bond acceptors (Lipinski definition) is 3. The highest BCUT2D eigenvalue weighted by molar-refractivity contribution is 9.10. The quantitative estimate of drug-likeness (QED) is 0.729. The molecule has 116 valence electrons. The molecular formula is C12H11BrClF2NO3S. The predicted molar refractivity (Wildman–Crippen MR) is 76.8 cm³/mol. The fraction of sp³-hybridized carbons (Fsp3) is 0.417. The monoisotopic (exact) mass is 401 g/mol. The maximum atomic E-state index is 14.3. The molecule has 0 bridgehead atoms. The molecule has 1 fully saturated rings. The van der Waals surface area contributed by atoms with Crippen molar-refractivity contribution in [2.24, 2.45) is 0 Å². The fourth-order valence-corrected chi connectivity index (χ4v) is 4.46. The van der Waals surface area contributed by atoms with Crippen molar-refractivity contribution in [1.29, 1.82) is 0 Å². The molecule has 0 unspecified atom stereocenters. The van der Waals surface area contributed by atoms with Crippen LogP contribution in [0, 0.1) is 11.6 Å². The lowest BCUT2D eigenvalue weighted by atomic mass is 9.91. The van der Waals surface area contributed by atoms with Crippen molar-refractivity contribution < 1.29 is 22.0 Å². The summed E-state index contributed by atoms with van der Waals surface area (Å²) in [6.07, 6.45) is 2.44. The highest BCUT2D eigenvalue weighted by atomic mass is 79.9. The summed E-state index contributed by atoms with van der Waals surface area (Å²) < 4.78 is 50.6. The number of amides is 1. The smallest absolute Gasteiger partial charge is 0.265 e. The summed E-state index contributed by atoms with van der Waals surface area (Å²) in [6.45, 7) is 0. The van der Waals surface area contributed by atoms with Crippen molar-refractivity contribution >= 4 is 41.6 Å². The third kappa shape index (κ3) is 3.07. The van der Waals surface area contributed by atoms with E-state index in [-0.39, 0.29) is 10.5 Å². The van der Waals surface area contributed by atoms with Gasteiger partial charge in [-0.25, -0.2) is 17.2 Å². The molecule has 0 saturated heterocycles. The molecule has 4 nitrogen and oxygen atoms in total. The predicted octanol–water partition coefficient (Wildman–Crippen LogP) is 3.28. The zero-order valence-electron chi connectivity index (χ0n) is 10.9. The number of halogens is 4. The molecule has 1 aliphatic rings. The van der Waals surface area contributed by atoms with E-state index in [1.807, 2.05) is 0 Å². The number of carbonyl (C=O) groups excluding carboxylic acids is 1. The third-order valence-electron chi connectivity index (χ3n) is 3.53. The zero-order valence-corrected chi connectivity index (χ0v) is 14.0. The van der Waals surface area contributed by atoms with Crippen molar-refractivity contribution in [3.05, 3.63) is 27.7 Å². The number of benzene rings is 1. The van der Waals surface area contributed by atoms with E-state index in [2.05, 4.69) is 15.9 Å². The lowest BCUT2D eigenvalue weighted by Gasteiger charge is -2.34. The average Bonchev–Trinajstić information content (AvgIpc) is 2.22. The molecule has 1 saturated carbocycles. The zero-order chi connectivity index (χ0) is 15.9. The molecule has 0 spiro atoms. The third-order valence-corrected chi connectivity index (χ3v) is 5.77. The molecule has 2 rings (SSSR count). The van der Waals surface area contributed by atoms with E-state index >= 15 is 0 Å². The molecule has 1 amide bonds. The van der Waals surface area contributed by atoms with Gasteiger partial charge in [0.1, 0.15) is 16.3 Å². The van der Waals surface area contributed by atoms with Gasteiger partial charge in [0.05, 0.1) is 0 Å². The number of nitrogens with zero attached hydrogens (tertiary/aromatic N) is 1. The van der Waals surface area contributed by atoms with Crippen LogP contribution in [-0.4, -0.2) is 32.3 Å². The first-order chi connectivity index (χ1) is 9.64. The first-order valence-corrected chi connectivity index (χ1v) is 9.14. The Morgan fingerprint density at radius 1 is 1.43 bits per heavy atom. The van der Waals surface area contributed by atoms with Crippen LogP contribution in [0.5, 0.6) is 0 Å². The molecule has 21 heavy (non-hydrogen) atoms. The summed E-state index contributed by atoms with van der Waals surface area (Å²) in [5.41, 5.74) is -0.910. The molecule has 0 heterocycles. The Morgan fingerprint density at radius 3 is 2.43 bits per heavy atom. The Kier molecular flexibility index (Phi) is 4.60. The Balaban J connectivity index is 2.56. The van der Waals surface area contributed by atoms with Gasteiger partial charge >= 0.3 is 0 Å². The van der Waals surface area contributed by atoms with Crippen LogP contribution in [0.25, 0.3) is 0 Å². The van der Waals surface area contributed by atoms with E-state index in [0.29, 0.717) is 0 Å². The first-order valence-electron chi connectivity index (χ1n) is 6.04. The van der Waals surface area contributed by atoms with Gasteiger partial charge in [0, 0.05) is 28.2 Å². The minimum Gasteiger partial charge on any atom is -0.339 e. The molecule has 0 N–H and O–H groups in total. The molecule has 0 atom stereocenters. The van der Waals surface area contributed by atoms with Gasteiger partial charge in [-0.15, -0.1) is 0 Å². The van der Waals surface area contributed by atoms with Gasteiger partial charge in [-0.05, 0) is 41.3 Å². The summed E-state index contributed by atoms with van der Waals surface area (Å²) in [5.74, 6) is -3.52. The Bertz CT molecular complexity index is 707. The van der Waals surface area contributed by atoms with Gasteiger partial charge in [0.25, 0.3) is 15.0 Å². The minimum absolute atomic E-state index is 0.0870. The van der Waals surface area contributed by atoms with E-state index in [9.17, 15) is 22.0 Å². The molecule has 9 heteroatoms. The summed E-state index contributed by atoms with van der Waals surface area (Å²) in [4.78, 5) is 12.5. The Labute approximate surface area is 133 Å². The second kappa shape index (κ2) is 5.81. The number of hydrogen-bond donors (Lipinski definition) is 0. The van der Waals surface area contributed by atoms with Gasteiger partial charge in [0.2, 0.25) is 0 Å². The topological polar surface area (TPSA) is 54.5 Å². The van der Waals surface area contributed by atoms with Gasteiger partial charge in [-0.3, -0.25) is 4.79 Å². The standard InChI is InChI=1S/C12H11BrClF2NO3S/c1-17(6-3-2-4-6)12(18)9-8(15)5-7(13)11(10(9)16)21(14,19)20/h5-6H,2-4H2,1H3. The summed E-state index contributed by atoms with van der Waals surface area (Å²) in [7, 11) is 2.10. The lowest BCUT2D eigenvalue weighted by Crippen LogP contribution is -2.42. The first kappa shape index (κ1) is 16.6. The average molecular weight is 403 g/mol. The van der Waals surface area contributed by atoms with Gasteiger partial charge < -0.3 is 4.90 Å². The Hall–Kier alpha value is -0.730. The molecule has 0 radical (unpaired) electrons. The van der Waals surface area contributed by atoms with Crippen LogP contribution in [0.4, 0.5) is 8.78 Å². The molecule has 1 aromatic rings. The van der Waals surface area contributed by atoms with Crippen LogP contribution >= 0.6 is 26.6 Å². The maximum Gasteiger partial charge on any atom is 0.265 e. The minimum atomic E-state index is -4.46. The summed E-state index contributed by atoms with van der Waals surface area (Å²) in [6, 6.07) is 0.635.